The van der Waals surface area contributed by atoms with Crippen LogP contribution in [-0.4, -0.2) is 39.2 Å². The lowest BCUT2D eigenvalue weighted by Gasteiger charge is -2.22. The van der Waals surface area contributed by atoms with E-state index in [9.17, 15) is 5.11 Å². The maximum atomic E-state index is 9.37. The van der Waals surface area contributed by atoms with E-state index in [1.807, 2.05) is 13.2 Å². The van der Waals surface area contributed by atoms with E-state index in [1.165, 1.54) is 4.88 Å². The monoisotopic (exact) mass is 331 g/mol. The van der Waals surface area contributed by atoms with Crippen molar-refractivity contribution in [3.63, 3.8) is 0 Å². The number of nitrogens with zero attached hydrogens (tertiary/aromatic N) is 2. The molecule has 0 spiro atoms. The Labute approximate surface area is 132 Å². The molecular formula is C13H18ClN3OS2. The highest BCUT2D eigenvalue weighted by Crippen LogP contribution is 2.31. The predicted octanol–water partition coefficient (Wildman–Crippen LogP) is 3.43. The first-order valence-corrected chi connectivity index (χ1v) is 8.93. The molecule has 0 fully saturated rings. The number of hydrogen-bond acceptors (Lipinski definition) is 6. The summed E-state index contributed by atoms with van der Waals surface area (Å²) in [5.41, 5.74) is 0. The third-order valence-electron chi connectivity index (χ3n) is 3.17. The smallest absolute Gasteiger partial charge is 0.225 e. The van der Waals surface area contributed by atoms with Crippen molar-refractivity contribution in [2.45, 2.75) is 31.6 Å². The van der Waals surface area contributed by atoms with E-state index < -0.39 is 0 Å². The number of thiophene rings is 1. The van der Waals surface area contributed by atoms with Gasteiger partial charge in [0.15, 0.2) is 0 Å². The molecule has 0 aromatic carbocycles. The lowest BCUT2D eigenvalue weighted by molar-refractivity contribution is 0.288. The van der Waals surface area contributed by atoms with Crippen molar-refractivity contribution in [1.82, 2.24) is 9.97 Å². The minimum absolute atomic E-state index is 0.0918. The molecule has 2 heterocycles. The summed E-state index contributed by atoms with van der Waals surface area (Å²) < 4.78 is 0. The lowest BCUT2D eigenvalue weighted by atomic mass is 10.2. The van der Waals surface area contributed by atoms with Gasteiger partial charge in [-0.3, -0.25) is 0 Å². The van der Waals surface area contributed by atoms with Crippen molar-refractivity contribution in [2.75, 3.05) is 18.2 Å². The van der Waals surface area contributed by atoms with Gasteiger partial charge < -0.3 is 10.4 Å². The Morgan fingerprint density at radius 3 is 2.85 bits per heavy atom. The summed E-state index contributed by atoms with van der Waals surface area (Å²) in [4.78, 5) is 10.7. The fourth-order valence-corrected chi connectivity index (χ4v) is 3.79. The summed E-state index contributed by atoms with van der Waals surface area (Å²) >= 11 is 9.27. The van der Waals surface area contributed by atoms with Crippen molar-refractivity contribution >= 4 is 50.7 Å². The Balaban J connectivity index is 2.35. The van der Waals surface area contributed by atoms with Gasteiger partial charge in [-0.25, -0.2) is 9.97 Å². The molecule has 2 rings (SSSR count). The maximum absolute atomic E-state index is 9.37. The summed E-state index contributed by atoms with van der Waals surface area (Å²) in [6, 6.07) is 2.20. The van der Waals surface area contributed by atoms with Crippen LogP contribution in [0.1, 0.15) is 18.7 Å². The molecule has 4 nitrogen and oxygen atoms in total. The molecule has 20 heavy (non-hydrogen) atoms. The number of thioether (sulfide) groups is 1. The molecule has 110 valence electrons. The fourth-order valence-electron chi connectivity index (χ4n) is 1.97. The summed E-state index contributed by atoms with van der Waals surface area (Å²) in [6.07, 6.45) is 2.96. The first-order chi connectivity index (χ1) is 9.58. The summed E-state index contributed by atoms with van der Waals surface area (Å²) in [5, 5.41) is 14.1. The summed E-state index contributed by atoms with van der Waals surface area (Å²) in [7, 11) is 0. The van der Waals surface area contributed by atoms with E-state index in [2.05, 4.69) is 28.3 Å². The molecule has 0 amide bonds. The summed E-state index contributed by atoms with van der Waals surface area (Å²) in [6.45, 7) is 4.28. The third-order valence-corrected chi connectivity index (χ3v) is 5.67. The second-order valence-electron chi connectivity index (χ2n) is 4.52. The Kier molecular flexibility index (Phi) is 5.49. The van der Waals surface area contributed by atoms with Gasteiger partial charge in [-0.05, 0) is 37.3 Å². The van der Waals surface area contributed by atoms with Crippen LogP contribution >= 0.6 is 34.7 Å². The average Bonchev–Trinajstić information content (AvgIpc) is 2.83. The van der Waals surface area contributed by atoms with Crippen LogP contribution in [0.5, 0.6) is 0 Å². The van der Waals surface area contributed by atoms with Crippen LogP contribution in [0.2, 0.25) is 5.28 Å². The molecule has 0 saturated heterocycles. The van der Waals surface area contributed by atoms with E-state index in [0.717, 1.165) is 22.5 Å². The van der Waals surface area contributed by atoms with Crippen LogP contribution in [-0.2, 0) is 6.42 Å². The highest BCUT2D eigenvalue weighted by atomic mass is 35.5. The molecule has 2 unspecified atom stereocenters. The van der Waals surface area contributed by atoms with Gasteiger partial charge in [0.25, 0.3) is 0 Å². The number of fused-ring (bicyclic) bond motifs is 1. The Bertz CT molecular complexity index is 586. The van der Waals surface area contributed by atoms with Gasteiger partial charge in [0, 0.05) is 16.2 Å². The van der Waals surface area contributed by atoms with Crippen molar-refractivity contribution < 1.29 is 5.11 Å². The number of rotatable bonds is 6. The molecule has 0 radical (unpaired) electrons. The molecule has 0 saturated carbocycles. The topological polar surface area (TPSA) is 58.0 Å². The first-order valence-electron chi connectivity index (χ1n) is 6.45. The van der Waals surface area contributed by atoms with E-state index in [1.54, 1.807) is 23.1 Å². The van der Waals surface area contributed by atoms with Crippen LogP contribution in [0.15, 0.2) is 6.07 Å². The molecule has 2 N–H and O–H groups in total. The van der Waals surface area contributed by atoms with Gasteiger partial charge in [-0.1, -0.05) is 6.92 Å². The summed E-state index contributed by atoms with van der Waals surface area (Å²) in [5.74, 6) is 0.746. The zero-order chi connectivity index (χ0) is 14.7. The molecule has 0 aliphatic carbocycles. The number of aliphatic hydroxyl groups excluding tert-OH is 1. The molecular weight excluding hydrogens is 314 g/mol. The molecule has 7 heteroatoms. The number of aromatic nitrogens is 2. The highest BCUT2D eigenvalue weighted by Gasteiger charge is 2.18. The molecule has 2 aromatic rings. The van der Waals surface area contributed by atoms with Crippen molar-refractivity contribution in [3.8, 4) is 0 Å². The number of halogens is 1. The quantitative estimate of drug-likeness (QED) is 0.794. The molecule has 2 aromatic heterocycles. The van der Waals surface area contributed by atoms with Crippen molar-refractivity contribution in [3.05, 3.63) is 16.2 Å². The number of aliphatic hydroxyl groups is 1. The van der Waals surface area contributed by atoms with E-state index in [-0.39, 0.29) is 23.2 Å². The van der Waals surface area contributed by atoms with Crippen LogP contribution < -0.4 is 5.32 Å². The Morgan fingerprint density at radius 2 is 2.25 bits per heavy atom. The second kappa shape index (κ2) is 6.93. The maximum Gasteiger partial charge on any atom is 0.225 e. The SMILES string of the molecule is CCc1cc2c(NC(C)C(CO)SC)nc(Cl)nc2s1. The zero-order valence-corrected chi connectivity index (χ0v) is 14.1. The van der Waals surface area contributed by atoms with E-state index >= 15 is 0 Å². The van der Waals surface area contributed by atoms with Crippen LogP contribution in [0.3, 0.4) is 0 Å². The van der Waals surface area contributed by atoms with Crippen molar-refractivity contribution in [2.24, 2.45) is 0 Å². The fraction of sp³-hybridized carbons (Fsp3) is 0.538. The number of nitrogens with one attached hydrogen (secondary N) is 1. The average molecular weight is 332 g/mol. The van der Waals surface area contributed by atoms with E-state index in [4.69, 9.17) is 11.6 Å². The number of hydrogen-bond donors (Lipinski definition) is 2. The van der Waals surface area contributed by atoms with Gasteiger partial charge in [0.05, 0.1) is 12.0 Å². The lowest BCUT2D eigenvalue weighted by Crippen LogP contribution is -2.31. The van der Waals surface area contributed by atoms with Gasteiger partial charge in [0.2, 0.25) is 5.28 Å². The molecule has 2 atom stereocenters. The predicted molar refractivity (Wildman–Crippen MR) is 89.3 cm³/mol. The minimum Gasteiger partial charge on any atom is -0.395 e. The zero-order valence-electron chi connectivity index (χ0n) is 11.7. The molecule has 0 aliphatic heterocycles. The van der Waals surface area contributed by atoms with Gasteiger partial charge in [-0.15, -0.1) is 11.3 Å². The molecule has 0 aliphatic rings. The number of anilines is 1. The number of aryl methyl sites for hydroxylation is 1. The Hall–Kier alpha value is -0.560. The largest absolute Gasteiger partial charge is 0.395 e. The van der Waals surface area contributed by atoms with Crippen LogP contribution in [0.25, 0.3) is 10.2 Å². The van der Waals surface area contributed by atoms with E-state index in [0.29, 0.717) is 0 Å². The van der Waals surface area contributed by atoms with Crippen LogP contribution in [0.4, 0.5) is 5.82 Å². The van der Waals surface area contributed by atoms with Crippen molar-refractivity contribution in [1.29, 1.82) is 0 Å². The Morgan fingerprint density at radius 1 is 1.50 bits per heavy atom. The highest BCUT2D eigenvalue weighted by molar-refractivity contribution is 7.99. The standard InChI is InChI=1S/C13H18ClN3OS2/c1-4-8-5-9-11(15-7(2)10(6-18)19-3)16-13(14)17-12(9)20-8/h5,7,10,18H,4,6H2,1-3H3,(H,15,16,17). The third kappa shape index (κ3) is 3.36. The molecule has 0 bridgehead atoms. The first kappa shape index (κ1) is 15.8. The van der Waals surface area contributed by atoms with Crippen LogP contribution in [0, 0.1) is 0 Å². The minimum atomic E-state index is 0.0918. The normalized spacial score (nSPS) is 14.4. The van der Waals surface area contributed by atoms with Gasteiger partial charge in [-0.2, -0.15) is 11.8 Å². The van der Waals surface area contributed by atoms with Gasteiger partial charge >= 0.3 is 0 Å². The van der Waals surface area contributed by atoms with Gasteiger partial charge in [0.1, 0.15) is 10.6 Å². The second-order valence-corrected chi connectivity index (χ2v) is 7.05.